The van der Waals surface area contributed by atoms with E-state index in [4.69, 9.17) is 40.1 Å². The van der Waals surface area contributed by atoms with Crippen molar-refractivity contribution in [2.75, 3.05) is 13.1 Å². The summed E-state index contributed by atoms with van der Waals surface area (Å²) < 4.78 is 54.1. The minimum Gasteiger partial charge on any atom is -0.400 e. The number of alkyl halides is 4. The topological polar surface area (TPSA) is 138 Å². The van der Waals surface area contributed by atoms with Crippen molar-refractivity contribution < 1.29 is 27.2 Å². The number of urea groups is 1. The monoisotopic (exact) mass is 600 g/mol. The van der Waals surface area contributed by atoms with E-state index in [0.717, 1.165) is 0 Å². The molecular weight excluding hydrogens is 575 g/mol. The summed E-state index contributed by atoms with van der Waals surface area (Å²) in [6.07, 6.45) is -6.72. The first-order valence-electron chi connectivity index (χ1n) is 11.9. The van der Waals surface area contributed by atoms with Crippen molar-refractivity contribution in [2.45, 2.75) is 37.5 Å². The summed E-state index contributed by atoms with van der Waals surface area (Å²) in [6.45, 7) is -1.17. The molecule has 6 N–H and O–H groups in total. The first kappa shape index (κ1) is 30.9. The zero-order valence-corrected chi connectivity index (χ0v) is 22.5. The maximum atomic E-state index is 15.2. The third-order valence-corrected chi connectivity index (χ3v) is 6.64. The van der Waals surface area contributed by atoms with Crippen LogP contribution in [0.1, 0.15) is 31.2 Å². The van der Waals surface area contributed by atoms with Gasteiger partial charge in [-0.25, -0.2) is 9.18 Å². The van der Waals surface area contributed by atoms with Gasteiger partial charge in [-0.15, -0.1) is 0 Å². The van der Waals surface area contributed by atoms with Crippen LogP contribution < -0.4 is 16.8 Å². The highest BCUT2D eigenvalue weighted by Crippen LogP contribution is 2.35. The molecule has 0 spiro atoms. The van der Waals surface area contributed by atoms with E-state index >= 15 is 4.39 Å². The lowest BCUT2D eigenvalue weighted by Crippen LogP contribution is -2.47. The molecule has 0 heterocycles. The number of aliphatic imine (C=N–C) groups is 1. The van der Waals surface area contributed by atoms with Crippen molar-refractivity contribution in [1.29, 1.82) is 5.41 Å². The van der Waals surface area contributed by atoms with Crippen molar-refractivity contribution in [2.24, 2.45) is 16.5 Å². The van der Waals surface area contributed by atoms with Crippen molar-refractivity contribution >= 4 is 52.4 Å². The van der Waals surface area contributed by atoms with E-state index in [-0.39, 0.29) is 36.4 Å². The smallest absolute Gasteiger partial charge is 0.390 e. The number of amides is 3. The van der Waals surface area contributed by atoms with Crippen LogP contribution >= 0.6 is 23.2 Å². The van der Waals surface area contributed by atoms with Gasteiger partial charge in [-0.3, -0.25) is 20.1 Å². The molecule has 40 heavy (non-hydrogen) atoms. The van der Waals surface area contributed by atoms with E-state index < -0.39 is 49.0 Å². The molecule has 0 aromatic heterocycles. The number of benzene rings is 2. The Kier molecular flexibility index (Phi) is 9.80. The van der Waals surface area contributed by atoms with E-state index in [0.29, 0.717) is 26.2 Å². The van der Waals surface area contributed by atoms with E-state index in [1.54, 1.807) is 18.2 Å². The Bertz CT molecular complexity index is 1350. The quantitative estimate of drug-likeness (QED) is 0.186. The Labute approximate surface area is 237 Å². The standard InChI is InChI=1S/C26H26Cl2F4N6O2/c27-16-6-4-15(5-7-16)22(34)38(11-10-26(30,31)32)24(40)36-14-20(33)19-8-9-25(29,23(35)39)13-21(19)37-18-3-1-2-17(28)12-18/h1-7,12,34H,8-11,13-14,33H2,(H2,35,39)(H,36,40)/b20-19-,34-22?,37-21?. The van der Waals surface area contributed by atoms with Gasteiger partial charge in [0.05, 0.1) is 18.7 Å². The highest BCUT2D eigenvalue weighted by Gasteiger charge is 2.43. The van der Waals surface area contributed by atoms with Gasteiger partial charge >= 0.3 is 12.2 Å². The highest BCUT2D eigenvalue weighted by molar-refractivity contribution is 6.31. The molecule has 1 fully saturated rings. The summed E-state index contributed by atoms with van der Waals surface area (Å²) in [4.78, 5) is 29.8. The number of nitrogens with one attached hydrogen (secondary N) is 2. The number of carbonyl (C=O) groups excluding carboxylic acids is 2. The Morgan fingerprint density at radius 3 is 2.38 bits per heavy atom. The summed E-state index contributed by atoms with van der Waals surface area (Å²) in [6, 6.07) is 11.0. The molecule has 0 bridgehead atoms. The number of halogens is 6. The fraction of sp³-hybridized carbons (Fsp3) is 0.308. The Balaban J connectivity index is 1.86. The third-order valence-electron chi connectivity index (χ3n) is 6.15. The van der Waals surface area contributed by atoms with Gasteiger partial charge in [0.15, 0.2) is 5.67 Å². The summed E-state index contributed by atoms with van der Waals surface area (Å²) in [5.41, 5.74) is 10.2. The van der Waals surface area contributed by atoms with E-state index in [9.17, 15) is 22.8 Å². The van der Waals surface area contributed by atoms with Gasteiger partial charge in [-0.2, -0.15) is 13.2 Å². The van der Waals surface area contributed by atoms with Crippen LogP contribution in [0.5, 0.6) is 0 Å². The van der Waals surface area contributed by atoms with E-state index in [2.05, 4.69) is 10.3 Å². The third kappa shape index (κ3) is 8.18. The van der Waals surface area contributed by atoms with Crippen LogP contribution in [0.3, 0.4) is 0 Å². The molecule has 3 rings (SSSR count). The normalized spacial score (nSPS) is 19.7. The number of hydrogen-bond donors (Lipinski definition) is 4. The van der Waals surface area contributed by atoms with Crippen molar-refractivity contribution in [1.82, 2.24) is 10.2 Å². The summed E-state index contributed by atoms with van der Waals surface area (Å²) in [7, 11) is 0. The second-order valence-electron chi connectivity index (χ2n) is 9.08. The molecule has 1 atom stereocenters. The molecule has 1 aliphatic rings. The minimum absolute atomic E-state index is 0.0427. The van der Waals surface area contributed by atoms with Gasteiger partial charge < -0.3 is 16.8 Å². The molecule has 3 amide bonds. The second-order valence-corrected chi connectivity index (χ2v) is 9.95. The number of carbonyl (C=O) groups is 2. The molecule has 214 valence electrons. The number of nitrogens with two attached hydrogens (primary N) is 2. The average molecular weight is 601 g/mol. The minimum atomic E-state index is -4.58. The summed E-state index contributed by atoms with van der Waals surface area (Å²) in [5, 5.41) is 11.5. The number of allylic oxidation sites excluding steroid dienone is 1. The fourth-order valence-electron chi connectivity index (χ4n) is 3.98. The van der Waals surface area contributed by atoms with Gasteiger partial charge in [0.25, 0.3) is 5.91 Å². The molecule has 1 aliphatic carbocycles. The maximum absolute atomic E-state index is 15.2. The SMILES string of the molecule is N=C(c1ccc(Cl)cc1)N(CCC(F)(F)F)C(=O)NC/C(N)=C1\CCC(F)(C(N)=O)CC1=Nc1cccc(Cl)c1. The molecule has 0 aliphatic heterocycles. The van der Waals surface area contributed by atoms with Crippen molar-refractivity contribution in [3.05, 3.63) is 75.4 Å². The van der Waals surface area contributed by atoms with Gasteiger partial charge in [0, 0.05) is 40.0 Å². The zero-order valence-electron chi connectivity index (χ0n) is 21.0. The Hall–Kier alpha value is -3.64. The molecule has 2 aromatic rings. The van der Waals surface area contributed by atoms with Crippen LogP contribution in [0.4, 0.5) is 28.0 Å². The average Bonchev–Trinajstić information content (AvgIpc) is 2.87. The lowest BCUT2D eigenvalue weighted by atomic mass is 9.80. The predicted molar refractivity (Wildman–Crippen MR) is 146 cm³/mol. The Morgan fingerprint density at radius 1 is 1.10 bits per heavy atom. The first-order chi connectivity index (χ1) is 18.7. The largest absolute Gasteiger partial charge is 0.400 e. The van der Waals surface area contributed by atoms with Crippen LogP contribution in [0.25, 0.3) is 0 Å². The number of nitrogens with zero attached hydrogens (tertiary/aromatic N) is 2. The van der Waals surface area contributed by atoms with E-state index in [1.165, 1.54) is 30.3 Å². The Morgan fingerprint density at radius 2 is 1.77 bits per heavy atom. The van der Waals surface area contributed by atoms with Gasteiger partial charge in [-0.05, 0) is 60.9 Å². The number of primary amides is 1. The van der Waals surface area contributed by atoms with Crippen LogP contribution in [0.15, 0.2) is 64.8 Å². The van der Waals surface area contributed by atoms with Gasteiger partial charge in [0.1, 0.15) is 5.84 Å². The molecule has 0 saturated heterocycles. The lowest BCUT2D eigenvalue weighted by Gasteiger charge is -2.30. The van der Waals surface area contributed by atoms with Gasteiger partial charge in [-0.1, -0.05) is 29.3 Å². The van der Waals surface area contributed by atoms with Crippen LogP contribution in [-0.4, -0.2) is 53.3 Å². The molecule has 2 aromatic carbocycles. The lowest BCUT2D eigenvalue weighted by molar-refractivity contribution is -0.135. The molecule has 1 saturated carbocycles. The van der Waals surface area contributed by atoms with Crippen LogP contribution in [0, 0.1) is 5.41 Å². The molecule has 1 unspecified atom stereocenters. The molecule has 14 heteroatoms. The number of rotatable bonds is 7. The van der Waals surface area contributed by atoms with Crippen LogP contribution in [0.2, 0.25) is 10.0 Å². The molecule has 8 nitrogen and oxygen atoms in total. The fourth-order valence-corrected chi connectivity index (χ4v) is 4.29. The number of amidine groups is 1. The second kappa shape index (κ2) is 12.7. The number of hydrogen-bond acceptors (Lipinski definition) is 5. The summed E-state index contributed by atoms with van der Waals surface area (Å²) in [5.74, 6) is -1.63. The zero-order chi connectivity index (χ0) is 29.7. The highest BCUT2D eigenvalue weighted by atomic mass is 35.5. The van der Waals surface area contributed by atoms with Gasteiger partial charge in [0.2, 0.25) is 0 Å². The van der Waals surface area contributed by atoms with Crippen molar-refractivity contribution in [3.8, 4) is 0 Å². The van der Waals surface area contributed by atoms with Crippen LogP contribution in [-0.2, 0) is 4.79 Å². The maximum Gasteiger partial charge on any atom is 0.390 e. The molecule has 0 radical (unpaired) electrons. The first-order valence-corrected chi connectivity index (χ1v) is 12.7. The van der Waals surface area contributed by atoms with Crippen molar-refractivity contribution in [3.63, 3.8) is 0 Å². The van der Waals surface area contributed by atoms with E-state index in [1.807, 2.05) is 0 Å². The predicted octanol–water partition coefficient (Wildman–Crippen LogP) is 5.65. The summed E-state index contributed by atoms with van der Waals surface area (Å²) >= 11 is 11.9. The molecular formula is C26H26Cl2F4N6O2.